The lowest BCUT2D eigenvalue weighted by atomic mass is 10.2. The lowest BCUT2D eigenvalue weighted by Gasteiger charge is -2.01. The van der Waals surface area contributed by atoms with Crippen molar-refractivity contribution in [2.45, 2.75) is 13.8 Å². The fourth-order valence-electron chi connectivity index (χ4n) is 2.03. The van der Waals surface area contributed by atoms with E-state index in [0.717, 1.165) is 5.39 Å². The Bertz CT molecular complexity index is 833. The van der Waals surface area contributed by atoms with Crippen molar-refractivity contribution in [1.82, 2.24) is 9.97 Å². The van der Waals surface area contributed by atoms with Gasteiger partial charge in [-0.1, -0.05) is 23.7 Å². The van der Waals surface area contributed by atoms with Crippen molar-refractivity contribution in [3.8, 4) is 11.5 Å². The molecule has 0 aliphatic rings. The van der Waals surface area contributed by atoms with E-state index in [0.29, 0.717) is 33.4 Å². The summed E-state index contributed by atoms with van der Waals surface area (Å²) in [5.41, 5.74) is 1.53. The van der Waals surface area contributed by atoms with Crippen LogP contribution in [0.25, 0.3) is 22.4 Å². The van der Waals surface area contributed by atoms with Crippen molar-refractivity contribution < 1.29 is 4.42 Å². The van der Waals surface area contributed by atoms with E-state index in [1.807, 2.05) is 18.2 Å². The van der Waals surface area contributed by atoms with Crippen LogP contribution in [0.5, 0.6) is 0 Å². The number of hydrogen-bond donors (Lipinski definition) is 1. The molecule has 3 rings (SSSR count). The molecule has 19 heavy (non-hydrogen) atoms. The normalized spacial score (nSPS) is 11.1. The Kier molecular flexibility index (Phi) is 2.68. The molecule has 0 aliphatic carbocycles. The highest BCUT2D eigenvalue weighted by Gasteiger charge is 2.14. The zero-order valence-corrected chi connectivity index (χ0v) is 11.2. The van der Waals surface area contributed by atoms with Gasteiger partial charge in [0.2, 0.25) is 0 Å². The van der Waals surface area contributed by atoms with Gasteiger partial charge in [-0.25, -0.2) is 4.98 Å². The predicted molar refractivity (Wildman–Crippen MR) is 74.5 cm³/mol. The fourth-order valence-corrected chi connectivity index (χ4v) is 2.25. The maximum atomic E-state index is 11.8. The van der Waals surface area contributed by atoms with Crippen molar-refractivity contribution in [2.75, 3.05) is 0 Å². The van der Waals surface area contributed by atoms with Crippen LogP contribution in [0.3, 0.4) is 0 Å². The molecule has 0 radical (unpaired) electrons. The number of aryl methyl sites for hydroxylation is 1. The van der Waals surface area contributed by atoms with Gasteiger partial charge in [0.05, 0.1) is 5.02 Å². The Morgan fingerprint density at radius 1 is 1.32 bits per heavy atom. The van der Waals surface area contributed by atoms with E-state index in [2.05, 4.69) is 9.97 Å². The zero-order valence-electron chi connectivity index (χ0n) is 10.5. The monoisotopic (exact) mass is 274 g/mol. The second-order valence-electron chi connectivity index (χ2n) is 4.39. The minimum atomic E-state index is -0.158. The minimum absolute atomic E-state index is 0.158. The van der Waals surface area contributed by atoms with Crippen LogP contribution in [0.1, 0.15) is 11.4 Å². The van der Waals surface area contributed by atoms with Crippen molar-refractivity contribution in [1.29, 1.82) is 0 Å². The first-order valence-electron chi connectivity index (χ1n) is 5.82. The number of hydrogen-bond acceptors (Lipinski definition) is 3. The number of rotatable bonds is 1. The van der Waals surface area contributed by atoms with E-state index >= 15 is 0 Å². The summed E-state index contributed by atoms with van der Waals surface area (Å²) in [4.78, 5) is 18.7. The number of fused-ring (bicyclic) bond motifs is 1. The zero-order chi connectivity index (χ0) is 13.6. The topological polar surface area (TPSA) is 58.9 Å². The van der Waals surface area contributed by atoms with Crippen molar-refractivity contribution in [3.63, 3.8) is 0 Å². The summed E-state index contributed by atoms with van der Waals surface area (Å²) >= 11 is 6.08. The lowest BCUT2D eigenvalue weighted by Crippen LogP contribution is -2.14. The molecule has 0 fully saturated rings. The van der Waals surface area contributed by atoms with Gasteiger partial charge < -0.3 is 9.40 Å². The third-order valence-corrected chi connectivity index (χ3v) is 3.30. The number of para-hydroxylation sites is 1. The second kappa shape index (κ2) is 4.24. The molecule has 0 amide bonds. The van der Waals surface area contributed by atoms with Gasteiger partial charge in [-0.3, -0.25) is 4.79 Å². The molecule has 0 atom stereocenters. The summed E-state index contributed by atoms with van der Waals surface area (Å²) in [5.74, 6) is 1.10. The molecule has 5 heteroatoms. The average Bonchev–Trinajstić information content (AvgIpc) is 2.79. The Balaban J connectivity index is 2.31. The van der Waals surface area contributed by atoms with Crippen LogP contribution in [-0.2, 0) is 0 Å². The standard InChI is InChI=1S/C14H11ClN2O2/c1-7-12(16-8(2)17-14(7)18)11-6-9-4-3-5-10(15)13(9)19-11/h3-6H,1-2H3,(H,16,17,18). The van der Waals surface area contributed by atoms with Gasteiger partial charge in [0.15, 0.2) is 11.3 Å². The van der Waals surface area contributed by atoms with Crippen LogP contribution in [0.2, 0.25) is 5.02 Å². The first kappa shape index (κ1) is 12.0. The van der Waals surface area contributed by atoms with Crippen LogP contribution < -0.4 is 5.56 Å². The Morgan fingerprint density at radius 2 is 2.11 bits per heavy atom. The fraction of sp³-hybridized carbons (Fsp3) is 0.143. The summed E-state index contributed by atoms with van der Waals surface area (Å²) < 4.78 is 5.73. The summed E-state index contributed by atoms with van der Waals surface area (Å²) in [6, 6.07) is 7.37. The second-order valence-corrected chi connectivity index (χ2v) is 4.80. The highest BCUT2D eigenvalue weighted by Crippen LogP contribution is 2.31. The molecule has 3 aromatic rings. The Labute approximate surface area is 114 Å². The van der Waals surface area contributed by atoms with Gasteiger partial charge in [-0.2, -0.15) is 0 Å². The van der Waals surface area contributed by atoms with E-state index in [1.54, 1.807) is 19.9 Å². The van der Waals surface area contributed by atoms with E-state index in [9.17, 15) is 4.79 Å². The molecular formula is C14H11ClN2O2. The number of nitrogens with one attached hydrogen (secondary N) is 1. The van der Waals surface area contributed by atoms with Gasteiger partial charge in [0.25, 0.3) is 5.56 Å². The van der Waals surface area contributed by atoms with E-state index in [4.69, 9.17) is 16.0 Å². The molecule has 0 bridgehead atoms. The highest BCUT2D eigenvalue weighted by molar-refractivity contribution is 6.34. The molecule has 0 saturated carbocycles. The Morgan fingerprint density at radius 3 is 2.84 bits per heavy atom. The first-order valence-corrected chi connectivity index (χ1v) is 6.20. The molecule has 1 aromatic carbocycles. The number of H-pyrrole nitrogens is 1. The van der Waals surface area contributed by atoms with Crippen molar-refractivity contribution >= 4 is 22.6 Å². The third-order valence-electron chi connectivity index (χ3n) is 3.00. The number of aromatic nitrogens is 2. The largest absolute Gasteiger partial charge is 0.453 e. The maximum absolute atomic E-state index is 11.8. The molecule has 0 aliphatic heterocycles. The predicted octanol–water partition coefficient (Wildman–Crippen LogP) is 3.45. The van der Waals surface area contributed by atoms with Gasteiger partial charge in [-0.05, 0) is 26.0 Å². The number of halogens is 1. The number of aromatic amines is 1. The van der Waals surface area contributed by atoms with Gasteiger partial charge in [-0.15, -0.1) is 0 Å². The van der Waals surface area contributed by atoms with E-state index in [-0.39, 0.29) is 5.56 Å². The molecule has 0 saturated heterocycles. The molecule has 0 unspecified atom stereocenters. The number of nitrogens with zero attached hydrogens (tertiary/aromatic N) is 1. The van der Waals surface area contributed by atoms with Gasteiger partial charge in [0, 0.05) is 10.9 Å². The van der Waals surface area contributed by atoms with Gasteiger partial charge in [0.1, 0.15) is 11.5 Å². The summed E-state index contributed by atoms with van der Waals surface area (Å²) in [5, 5.41) is 1.43. The average molecular weight is 275 g/mol. The number of furan rings is 1. The highest BCUT2D eigenvalue weighted by atomic mass is 35.5. The van der Waals surface area contributed by atoms with Crippen LogP contribution in [0, 0.1) is 13.8 Å². The SMILES string of the molecule is Cc1nc(-c2cc3cccc(Cl)c3o2)c(C)c(=O)[nH]1. The van der Waals surface area contributed by atoms with Crippen LogP contribution >= 0.6 is 11.6 Å². The number of benzene rings is 1. The van der Waals surface area contributed by atoms with Gasteiger partial charge >= 0.3 is 0 Å². The quantitative estimate of drug-likeness (QED) is 0.739. The van der Waals surface area contributed by atoms with Crippen molar-refractivity contribution in [3.05, 3.63) is 51.0 Å². The molecule has 1 N–H and O–H groups in total. The molecule has 96 valence electrons. The summed E-state index contributed by atoms with van der Waals surface area (Å²) in [6.45, 7) is 3.45. The lowest BCUT2D eigenvalue weighted by molar-refractivity contribution is 0.627. The van der Waals surface area contributed by atoms with Crippen LogP contribution in [0.4, 0.5) is 0 Å². The van der Waals surface area contributed by atoms with Crippen LogP contribution in [-0.4, -0.2) is 9.97 Å². The molecule has 0 spiro atoms. The Hall–Kier alpha value is -2.07. The molecule has 2 heterocycles. The molecule has 2 aromatic heterocycles. The van der Waals surface area contributed by atoms with Crippen molar-refractivity contribution in [2.24, 2.45) is 0 Å². The minimum Gasteiger partial charge on any atom is -0.453 e. The van der Waals surface area contributed by atoms with E-state index in [1.165, 1.54) is 0 Å². The summed E-state index contributed by atoms with van der Waals surface area (Å²) in [7, 11) is 0. The van der Waals surface area contributed by atoms with E-state index < -0.39 is 0 Å². The summed E-state index contributed by atoms with van der Waals surface area (Å²) in [6.07, 6.45) is 0. The molecular weight excluding hydrogens is 264 g/mol. The first-order chi connectivity index (χ1) is 9.06. The third kappa shape index (κ3) is 1.94. The smallest absolute Gasteiger partial charge is 0.254 e. The van der Waals surface area contributed by atoms with Crippen LogP contribution in [0.15, 0.2) is 33.5 Å². The maximum Gasteiger partial charge on any atom is 0.254 e. The molecule has 4 nitrogen and oxygen atoms in total.